The summed E-state index contributed by atoms with van der Waals surface area (Å²) in [6, 6.07) is 4.96. The normalized spacial score (nSPS) is 16.2. The van der Waals surface area contributed by atoms with Crippen LogP contribution >= 0.6 is 11.3 Å². The average molecular weight is 410 g/mol. The third-order valence-corrected chi connectivity index (χ3v) is 6.72. The molecule has 3 aromatic heterocycles. The summed E-state index contributed by atoms with van der Waals surface area (Å²) in [5.41, 5.74) is 1.94. The Morgan fingerprint density at radius 1 is 1.17 bits per heavy atom. The summed E-state index contributed by atoms with van der Waals surface area (Å²) in [4.78, 5) is 38.4. The van der Waals surface area contributed by atoms with E-state index in [1.165, 1.54) is 10.9 Å². The fourth-order valence-corrected chi connectivity index (χ4v) is 5.40. The smallest absolute Gasteiger partial charge is 0.342 e. The van der Waals surface area contributed by atoms with Gasteiger partial charge in [0.05, 0.1) is 5.69 Å². The van der Waals surface area contributed by atoms with Crippen LogP contribution in [0.1, 0.15) is 52.3 Å². The van der Waals surface area contributed by atoms with Crippen molar-refractivity contribution >= 4 is 28.1 Å². The minimum atomic E-state index is -0.438. The van der Waals surface area contributed by atoms with E-state index in [0.29, 0.717) is 22.0 Å². The molecule has 0 unspecified atom stereocenters. The molecular weight excluding hydrogens is 388 g/mol. The first kappa shape index (κ1) is 18.3. The molecule has 0 N–H and O–H groups in total. The molecule has 2 aliphatic rings. The standard InChI is InChI=1S/C21H22N4O3S/c26-18-12-14(23-21-25(18)16-7-1-2-8-17(16)29-21)13-28-20(27)15-6-5-9-22-19(15)24-10-3-4-11-24/h5-6,9,12H,1-4,7-8,10-11,13H2. The van der Waals surface area contributed by atoms with Crippen molar-refractivity contribution in [3.8, 4) is 0 Å². The first-order valence-corrected chi connectivity index (χ1v) is 10.9. The Labute approximate surface area is 172 Å². The van der Waals surface area contributed by atoms with E-state index in [0.717, 1.165) is 57.3 Å². The van der Waals surface area contributed by atoms with Gasteiger partial charge in [-0.1, -0.05) is 0 Å². The molecule has 7 nitrogen and oxygen atoms in total. The minimum absolute atomic E-state index is 0.0263. The molecule has 4 heterocycles. The van der Waals surface area contributed by atoms with Gasteiger partial charge in [-0.2, -0.15) is 0 Å². The van der Waals surface area contributed by atoms with Gasteiger partial charge in [-0.25, -0.2) is 14.8 Å². The molecular formula is C21H22N4O3S. The van der Waals surface area contributed by atoms with Gasteiger partial charge in [-0.15, -0.1) is 11.3 Å². The lowest BCUT2D eigenvalue weighted by molar-refractivity contribution is 0.0468. The van der Waals surface area contributed by atoms with Crippen molar-refractivity contribution in [2.24, 2.45) is 0 Å². The molecule has 0 radical (unpaired) electrons. The molecule has 150 valence electrons. The van der Waals surface area contributed by atoms with Crippen LogP contribution in [0.15, 0.2) is 29.2 Å². The number of carbonyl (C=O) groups excluding carboxylic acids is 1. The highest BCUT2D eigenvalue weighted by Crippen LogP contribution is 2.28. The van der Waals surface area contributed by atoms with Crippen molar-refractivity contribution in [1.82, 2.24) is 14.4 Å². The number of thiazole rings is 1. The second-order valence-electron chi connectivity index (χ2n) is 7.53. The van der Waals surface area contributed by atoms with E-state index < -0.39 is 5.97 Å². The summed E-state index contributed by atoms with van der Waals surface area (Å²) in [6.07, 6.45) is 8.09. The number of esters is 1. The highest BCUT2D eigenvalue weighted by Gasteiger charge is 2.22. The fourth-order valence-electron chi connectivity index (χ4n) is 4.17. The molecule has 0 bridgehead atoms. The molecule has 1 fully saturated rings. The van der Waals surface area contributed by atoms with E-state index in [1.54, 1.807) is 34.1 Å². The van der Waals surface area contributed by atoms with Crippen LogP contribution in [-0.2, 0) is 24.2 Å². The zero-order valence-corrected chi connectivity index (χ0v) is 16.9. The van der Waals surface area contributed by atoms with Crippen LogP contribution in [0.3, 0.4) is 0 Å². The zero-order chi connectivity index (χ0) is 19.8. The summed E-state index contributed by atoms with van der Waals surface area (Å²) in [7, 11) is 0. The Morgan fingerprint density at radius 2 is 2.00 bits per heavy atom. The van der Waals surface area contributed by atoms with Crippen LogP contribution < -0.4 is 10.5 Å². The second kappa shape index (κ2) is 7.59. The summed E-state index contributed by atoms with van der Waals surface area (Å²) < 4.78 is 7.23. The molecule has 1 saturated heterocycles. The Hall–Kier alpha value is -2.74. The minimum Gasteiger partial charge on any atom is -0.455 e. The summed E-state index contributed by atoms with van der Waals surface area (Å²) in [5, 5.41) is 0. The predicted molar refractivity (Wildman–Crippen MR) is 111 cm³/mol. The molecule has 8 heteroatoms. The van der Waals surface area contributed by atoms with Gasteiger partial charge in [0.2, 0.25) is 0 Å². The molecule has 0 saturated carbocycles. The van der Waals surface area contributed by atoms with E-state index in [4.69, 9.17) is 4.74 Å². The molecule has 0 aromatic carbocycles. The number of fused-ring (bicyclic) bond motifs is 3. The van der Waals surface area contributed by atoms with Gasteiger partial charge in [0.1, 0.15) is 18.0 Å². The molecule has 0 amide bonds. The first-order chi connectivity index (χ1) is 14.2. The average Bonchev–Trinajstić information content (AvgIpc) is 3.40. The molecule has 29 heavy (non-hydrogen) atoms. The maximum absolute atomic E-state index is 12.7. The topological polar surface area (TPSA) is 76.8 Å². The largest absolute Gasteiger partial charge is 0.455 e. The van der Waals surface area contributed by atoms with Crippen molar-refractivity contribution < 1.29 is 9.53 Å². The van der Waals surface area contributed by atoms with Crippen LogP contribution in [0.2, 0.25) is 0 Å². The second-order valence-corrected chi connectivity index (χ2v) is 8.59. The Bertz CT molecular complexity index is 1130. The third kappa shape index (κ3) is 3.42. The van der Waals surface area contributed by atoms with Crippen LogP contribution in [0.4, 0.5) is 5.82 Å². The first-order valence-electron chi connectivity index (χ1n) is 10.1. The molecule has 0 atom stereocenters. The number of anilines is 1. The monoisotopic (exact) mass is 410 g/mol. The van der Waals surface area contributed by atoms with Crippen LogP contribution in [-0.4, -0.2) is 33.4 Å². The zero-order valence-electron chi connectivity index (χ0n) is 16.1. The quantitative estimate of drug-likeness (QED) is 0.616. The number of hydrogen-bond acceptors (Lipinski definition) is 7. The SMILES string of the molecule is O=C(OCc1cc(=O)n2c3c(sc2n1)CCCC3)c1cccnc1N1CCCC1. The highest BCUT2D eigenvalue weighted by atomic mass is 32.1. The lowest BCUT2D eigenvalue weighted by Crippen LogP contribution is -2.23. The van der Waals surface area contributed by atoms with Gasteiger partial charge in [0.25, 0.3) is 5.56 Å². The Kier molecular flexibility index (Phi) is 4.79. The highest BCUT2D eigenvalue weighted by molar-refractivity contribution is 7.17. The van der Waals surface area contributed by atoms with Crippen LogP contribution in [0.25, 0.3) is 4.96 Å². The molecule has 5 rings (SSSR count). The van der Waals surface area contributed by atoms with Gasteiger partial charge in [0, 0.05) is 35.9 Å². The van der Waals surface area contributed by atoms with Crippen molar-refractivity contribution in [2.75, 3.05) is 18.0 Å². The number of hydrogen-bond donors (Lipinski definition) is 0. The maximum atomic E-state index is 12.7. The van der Waals surface area contributed by atoms with E-state index in [-0.39, 0.29) is 12.2 Å². The number of nitrogens with zero attached hydrogens (tertiary/aromatic N) is 4. The van der Waals surface area contributed by atoms with Gasteiger partial charge in [-0.05, 0) is 50.7 Å². The fraction of sp³-hybridized carbons (Fsp3) is 0.429. The predicted octanol–water partition coefficient (Wildman–Crippen LogP) is 2.99. The number of aromatic nitrogens is 3. The summed E-state index contributed by atoms with van der Waals surface area (Å²) >= 11 is 1.57. The van der Waals surface area contributed by atoms with Crippen molar-refractivity contribution in [1.29, 1.82) is 0 Å². The molecule has 3 aromatic rings. The van der Waals surface area contributed by atoms with Gasteiger partial charge < -0.3 is 9.64 Å². The van der Waals surface area contributed by atoms with Crippen LogP contribution in [0.5, 0.6) is 0 Å². The number of pyridine rings is 1. The van der Waals surface area contributed by atoms with Gasteiger partial charge in [-0.3, -0.25) is 9.20 Å². The van der Waals surface area contributed by atoms with Crippen LogP contribution in [0, 0.1) is 0 Å². The molecule has 0 spiro atoms. The van der Waals surface area contributed by atoms with E-state index in [2.05, 4.69) is 14.9 Å². The van der Waals surface area contributed by atoms with Crippen molar-refractivity contribution in [3.63, 3.8) is 0 Å². The maximum Gasteiger partial charge on any atom is 0.342 e. The Morgan fingerprint density at radius 3 is 2.86 bits per heavy atom. The third-order valence-electron chi connectivity index (χ3n) is 5.58. The van der Waals surface area contributed by atoms with Crippen molar-refractivity contribution in [3.05, 3.63) is 56.6 Å². The summed E-state index contributed by atoms with van der Waals surface area (Å²) in [6.45, 7) is 1.77. The Balaban J connectivity index is 1.37. The summed E-state index contributed by atoms with van der Waals surface area (Å²) in [5.74, 6) is 0.233. The number of rotatable bonds is 4. The van der Waals surface area contributed by atoms with Gasteiger partial charge >= 0.3 is 5.97 Å². The van der Waals surface area contributed by atoms with Crippen molar-refractivity contribution in [2.45, 2.75) is 45.1 Å². The van der Waals surface area contributed by atoms with Gasteiger partial charge in [0.15, 0.2) is 4.96 Å². The lowest BCUT2D eigenvalue weighted by Gasteiger charge is -2.18. The number of carbonyl (C=O) groups is 1. The number of ether oxygens (including phenoxy) is 1. The van der Waals surface area contributed by atoms with E-state index >= 15 is 0 Å². The lowest BCUT2D eigenvalue weighted by atomic mass is 10.0. The number of aryl methyl sites for hydroxylation is 2. The van der Waals surface area contributed by atoms with E-state index in [1.807, 2.05) is 0 Å². The molecule has 1 aliphatic carbocycles. The van der Waals surface area contributed by atoms with E-state index in [9.17, 15) is 9.59 Å². The molecule has 1 aliphatic heterocycles.